The second kappa shape index (κ2) is 6.00. The molecule has 0 aliphatic rings. The van der Waals surface area contributed by atoms with Gasteiger partial charge in [-0.05, 0) is 52.3 Å². The Labute approximate surface area is 116 Å². The van der Waals surface area contributed by atoms with Gasteiger partial charge in [0.15, 0.2) is 0 Å². The van der Waals surface area contributed by atoms with E-state index in [0.29, 0.717) is 6.54 Å². The molecule has 1 heterocycles. The van der Waals surface area contributed by atoms with E-state index < -0.39 is 0 Å². The molecule has 90 valence electrons. The van der Waals surface area contributed by atoms with E-state index in [1.807, 2.05) is 6.07 Å². The second-order valence-corrected chi connectivity index (χ2v) is 7.21. The van der Waals surface area contributed by atoms with Crippen LogP contribution in [-0.2, 0) is 0 Å². The number of nitrogens with two attached hydrogens (primary N) is 1. The van der Waals surface area contributed by atoms with Crippen molar-refractivity contribution in [3.8, 4) is 0 Å². The van der Waals surface area contributed by atoms with Gasteiger partial charge in [0.05, 0.1) is 9.04 Å². The fourth-order valence-electron chi connectivity index (χ4n) is 1.40. The smallest absolute Gasteiger partial charge is 0.123 e. The molecule has 0 aliphatic heterocycles. The topological polar surface area (TPSA) is 26.0 Å². The van der Waals surface area contributed by atoms with Gasteiger partial charge in [0.2, 0.25) is 0 Å². The van der Waals surface area contributed by atoms with Crippen molar-refractivity contribution in [2.75, 3.05) is 6.54 Å². The van der Waals surface area contributed by atoms with Gasteiger partial charge >= 0.3 is 0 Å². The summed E-state index contributed by atoms with van der Waals surface area (Å²) in [7, 11) is 0. The normalized spacial score (nSPS) is 12.6. The van der Waals surface area contributed by atoms with E-state index in [9.17, 15) is 4.39 Å². The molecule has 2 aromatic rings. The van der Waals surface area contributed by atoms with Gasteiger partial charge in [-0.1, -0.05) is 0 Å². The molecule has 0 bridgehead atoms. The molecule has 0 saturated heterocycles. The van der Waals surface area contributed by atoms with Gasteiger partial charge in [-0.3, -0.25) is 0 Å². The minimum absolute atomic E-state index is 0.211. The molecule has 2 rings (SSSR count). The summed E-state index contributed by atoms with van der Waals surface area (Å²) >= 11 is 6.79. The monoisotopic (exact) mass is 331 g/mol. The zero-order valence-corrected chi connectivity index (χ0v) is 12.1. The van der Waals surface area contributed by atoms with Crippen molar-refractivity contribution in [2.45, 2.75) is 10.1 Å². The van der Waals surface area contributed by atoms with Gasteiger partial charge < -0.3 is 5.73 Å². The van der Waals surface area contributed by atoms with Crippen LogP contribution in [0.4, 0.5) is 4.39 Å². The van der Waals surface area contributed by atoms with Crippen molar-refractivity contribution >= 4 is 39.0 Å². The lowest BCUT2D eigenvalue weighted by molar-refractivity contribution is 0.626. The van der Waals surface area contributed by atoms with Gasteiger partial charge in [-0.25, -0.2) is 4.39 Å². The lowest BCUT2D eigenvalue weighted by atomic mass is 10.3. The van der Waals surface area contributed by atoms with Crippen molar-refractivity contribution in [3.63, 3.8) is 0 Å². The number of thioether (sulfide) groups is 1. The molecule has 0 aliphatic carbocycles. The summed E-state index contributed by atoms with van der Waals surface area (Å²) in [4.78, 5) is 2.26. The van der Waals surface area contributed by atoms with Crippen molar-refractivity contribution in [3.05, 3.63) is 50.9 Å². The lowest BCUT2D eigenvalue weighted by Crippen LogP contribution is -2.07. The van der Waals surface area contributed by atoms with Crippen LogP contribution in [0.2, 0.25) is 0 Å². The zero-order valence-electron chi connectivity index (χ0n) is 8.90. The quantitative estimate of drug-likeness (QED) is 0.838. The Morgan fingerprint density at radius 3 is 2.47 bits per heavy atom. The summed E-state index contributed by atoms with van der Waals surface area (Å²) in [5.41, 5.74) is 5.79. The van der Waals surface area contributed by atoms with Gasteiger partial charge in [-0.2, -0.15) is 0 Å². The fraction of sp³-hybridized carbons (Fsp3) is 0.167. The first-order valence-corrected chi connectivity index (χ1v) is 7.55. The molecule has 0 fully saturated rings. The van der Waals surface area contributed by atoms with E-state index in [0.717, 1.165) is 8.68 Å². The van der Waals surface area contributed by atoms with Crippen molar-refractivity contribution in [1.29, 1.82) is 0 Å². The van der Waals surface area contributed by atoms with E-state index in [2.05, 4.69) is 22.0 Å². The van der Waals surface area contributed by atoms with Gasteiger partial charge in [0.25, 0.3) is 0 Å². The van der Waals surface area contributed by atoms with E-state index in [1.165, 1.54) is 17.0 Å². The predicted octanol–water partition coefficient (Wildman–Crippen LogP) is 4.44. The predicted molar refractivity (Wildman–Crippen MR) is 76.1 cm³/mol. The van der Waals surface area contributed by atoms with E-state index in [1.54, 1.807) is 35.2 Å². The molecular weight excluding hydrogens is 321 g/mol. The summed E-state index contributed by atoms with van der Waals surface area (Å²) in [6, 6.07) is 10.6. The molecule has 1 atom stereocenters. The Balaban J connectivity index is 2.12. The molecule has 1 nitrogen and oxygen atoms in total. The Kier molecular flexibility index (Phi) is 4.62. The maximum absolute atomic E-state index is 12.8. The van der Waals surface area contributed by atoms with Crippen LogP contribution in [0.5, 0.6) is 0 Å². The largest absolute Gasteiger partial charge is 0.329 e. The minimum Gasteiger partial charge on any atom is -0.329 e. The average molecular weight is 332 g/mol. The van der Waals surface area contributed by atoms with E-state index in [-0.39, 0.29) is 11.1 Å². The van der Waals surface area contributed by atoms with Crippen LogP contribution in [0, 0.1) is 5.82 Å². The average Bonchev–Trinajstić information content (AvgIpc) is 2.75. The highest BCUT2D eigenvalue weighted by molar-refractivity contribution is 9.11. The van der Waals surface area contributed by atoms with Crippen LogP contribution >= 0.6 is 39.0 Å². The standard InChI is InChI=1S/C12H11BrFNS2/c13-12-6-5-10(17-12)11(7-15)16-9-3-1-8(14)2-4-9/h1-6,11H,7,15H2. The van der Waals surface area contributed by atoms with Gasteiger partial charge in [0, 0.05) is 16.3 Å². The van der Waals surface area contributed by atoms with Crippen LogP contribution in [0.1, 0.15) is 10.1 Å². The van der Waals surface area contributed by atoms with Gasteiger partial charge in [-0.15, -0.1) is 23.1 Å². The van der Waals surface area contributed by atoms with Crippen LogP contribution < -0.4 is 5.73 Å². The first-order valence-electron chi connectivity index (χ1n) is 5.06. The Bertz CT molecular complexity index is 484. The fourth-order valence-corrected chi connectivity index (χ4v) is 4.02. The molecule has 0 spiro atoms. The number of rotatable bonds is 4. The Morgan fingerprint density at radius 1 is 1.24 bits per heavy atom. The van der Waals surface area contributed by atoms with Crippen LogP contribution in [0.25, 0.3) is 0 Å². The number of halogens is 2. The number of thiophene rings is 1. The van der Waals surface area contributed by atoms with Crippen molar-refractivity contribution < 1.29 is 4.39 Å². The molecule has 0 saturated carbocycles. The highest BCUT2D eigenvalue weighted by atomic mass is 79.9. The maximum atomic E-state index is 12.8. The maximum Gasteiger partial charge on any atom is 0.123 e. The number of benzene rings is 1. The highest BCUT2D eigenvalue weighted by Crippen LogP contribution is 2.38. The SMILES string of the molecule is NCC(Sc1ccc(F)cc1)c1ccc(Br)s1. The molecular formula is C12H11BrFNS2. The number of hydrogen-bond acceptors (Lipinski definition) is 3. The third-order valence-electron chi connectivity index (χ3n) is 2.22. The van der Waals surface area contributed by atoms with Crippen LogP contribution in [0.3, 0.4) is 0 Å². The summed E-state index contributed by atoms with van der Waals surface area (Å²) in [5, 5.41) is 0.219. The molecule has 17 heavy (non-hydrogen) atoms. The third kappa shape index (κ3) is 3.55. The molecule has 1 aromatic heterocycles. The Morgan fingerprint density at radius 2 is 1.94 bits per heavy atom. The summed E-state index contributed by atoms with van der Waals surface area (Å²) in [5.74, 6) is -0.211. The first-order chi connectivity index (χ1) is 8.19. The van der Waals surface area contributed by atoms with Crippen LogP contribution in [0.15, 0.2) is 45.1 Å². The molecule has 0 amide bonds. The molecule has 1 unspecified atom stereocenters. The summed E-state index contributed by atoms with van der Waals surface area (Å²) < 4.78 is 13.9. The van der Waals surface area contributed by atoms with Gasteiger partial charge in [0.1, 0.15) is 5.82 Å². The Hall–Kier alpha value is -0.360. The summed E-state index contributed by atoms with van der Waals surface area (Å²) in [6.07, 6.45) is 0. The minimum atomic E-state index is -0.211. The van der Waals surface area contributed by atoms with E-state index in [4.69, 9.17) is 5.73 Å². The van der Waals surface area contributed by atoms with Crippen LogP contribution in [-0.4, -0.2) is 6.54 Å². The van der Waals surface area contributed by atoms with Crippen molar-refractivity contribution in [2.24, 2.45) is 5.73 Å². The molecule has 1 aromatic carbocycles. The molecule has 5 heteroatoms. The van der Waals surface area contributed by atoms with Crippen molar-refractivity contribution in [1.82, 2.24) is 0 Å². The molecule has 0 radical (unpaired) electrons. The summed E-state index contributed by atoms with van der Waals surface area (Å²) in [6.45, 7) is 0.564. The highest BCUT2D eigenvalue weighted by Gasteiger charge is 2.13. The molecule has 2 N–H and O–H groups in total. The second-order valence-electron chi connectivity index (χ2n) is 3.44. The zero-order chi connectivity index (χ0) is 12.3. The first kappa shape index (κ1) is 13.1. The van der Waals surface area contributed by atoms with E-state index >= 15 is 0 Å². The lowest BCUT2D eigenvalue weighted by Gasteiger charge is -2.12. The third-order valence-corrected chi connectivity index (χ3v) is 5.38. The number of hydrogen-bond donors (Lipinski definition) is 1.